The second kappa shape index (κ2) is 9.43. The minimum atomic E-state index is -0.278. The van der Waals surface area contributed by atoms with Gasteiger partial charge in [-0.05, 0) is 42.2 Å². The molecule has 0 fully saturated rings. The van der Waals surface area contributed by atoms with Gasteiger partial charge in [-0.25, -0.2) is 0 Å². The Morgan fingerprint density at radius 1 is 0.688 bits per heavy atom. The number of carbonyl (C=O) groups excluding carboxylic acids is 4. The van der Waals surface area contributed by atoms with Crippen LogP contribution >= 0.6 is 23.2 Å². The number of halogens is 2. The predicted octanol–water partition coefficient (Wildman–Crippen LogP) is 5.18. The van der Waals surface area contributed by atoms with Crippen molar-refractivity contribution in [3.05, 3.63) is 68.7 Å². The van der Waals surface area contributed by atoms with Crippen molar-refractivity contribution < 1.29 is 19.2 Å². The van der Waals surface area contributed by atoms with E-state index in [1.165, 1.54) is 9.80 Å². The largest absolute Gasteiger partial charge is 0.274 e. The molecule has 2 heterocycles. The van der Waals surface area contributed by atoms with Gasteiger partial charge in [0.15, 0.2) is 0 Å². The van der Waals surface area contributed by atoms with Gasteiger partial charge in [0, 0.05) is 18.1 Å². The molecule has 0 spiro atoms. The molecule has 2 aliphatic heterocycles. The molecular formula is C24H24Cl2N2O4. The molecule has 0 saturated heterocycles. The second-order valence-electron chi connectivity index (χ2n) is 8.58. The van der Waals surface area contributed by atoms with E-state index >= 15 is 0 Å². The molecule has 6 nitrogen and oxygen atoms in total. The standard InChI is InChI=1S/2C12H12ClNO2/c1-7(2)6-14-11(15)9-4-3-8(13)5-10(9)12(14)16;1-7(2)6-14-11(15)8-4-3-5-9(13)10(8)12(14)16/h2*3-5,7H,6H2,1-2H3. The van der Waals surface area contributed by atoms with Crippen LogP contribution < -0.4 is 0 Å². The predicted molar refractivity (Wildman–Crippen MR) is 123 cm³/mol. The molecule has 0 unspecified atom stereocenters. The van der Waals surface area contributed by atoms with Crippen molar-refractivity contribution in [3.8, 4) is 0 Å². The molecule has 168 valence electrons. The normalized spacial score (nSPS) is 14.9. The second-order valence-corrected chi connectivity index (χ2v) is 9.43. The van der Waals surface area contributed by atoms with Crippen molar-refractivity contribution in [2.24, 2.45) is 11.8 Å². The fourth-order valence-corrected chi connectivity index (χ4v) is 4.04. The van der Waals surface area contributed by atoms with E-state index in [2.05, 4.69) is 0 Å². The molecule has 2 aromatic carbocycles. The van der Waals surface area contributed by atoms with Crippen molar-refractivity contribution in [3.63, 3.8) is 0 Å². The van der Waals surface area contributed by atoms with Crippen molar-refractivity contribution in [2.75, 3.05) is 13.1 Å². The van der Waals surface area contributed by atoms with Gasteiger partial charge in [0.05, 0.1) is 27.3 Å². The molecule has 0 bridgehead atoms. The zero-order chi connectivity index (χ0) is 23.7. The number of fused-ring (bicyclic) bond motifs is 2. The van der Waals surface area contributed by atoms with Crippen LogP contribution in [-0.4, -0.2) is 46.5 Å². The highest BCUT2D eigenvalue weighted by Gasteiger charge is 2.37. The minimum Gasteiger partial charge on any atom is -0.274 e. The Labute approximate surface area is 197 Å². The molecule has 0 radical (unpaired) electrons. The smallest absolute Gasteiger partial charge is 0.263 e. The first-order chi connectivity index (χ1) is 15.0. The van der Waals surface area contributed by atoms with Crippen LogP contribution in [0.3, 0.4) is 0 Å². The number of nitrogens with zero attached hydrogens (tertiary/aromatic N) is 2. The van der Waals surface area contributed by atoms with Crippen molar-refractivity contribution in [1.82, 2.24) is 9.80 Å². The summed E-state index contributed by atoms with van der Waals surface area (Å²) in [6.07, 6.45) is 0. The van der Waals surface area contributed by atoms with E-state index < -0.39 is 0 Å². The lowest BCUT2D eigenvalue weighted by atomic mass is 10.1. The highest BCUT2D eigenvalue weighted by molar-refractivity contribution is 6.37. The monoisotopic (exact) mass is 474 g/mol. The quantitative estimate of drug-likeness (QED) is 0.571. The number of amides is 4. The lowest BCUT2D eigenvalue weighted by Gasteiger charge is -2.15. The summed E-state index contributed by atoms with van der Waals surface area (Å²) in [4.78, 5) is 50.3. The van der Waals surface area contributed by atoms with Crippen molar-refractivity contribution in [2.45, 2.75) is 27.7 Å². The fourth-order valence-electron chi connectivity index (χ4n) is 3.62. The summed E-state index contributed by atoms with van der Waals surface area (Å²) in [6, 6.07) is 9.75. The van der Waals surface area contributed by atoms with Crippen LogP contribution in [0.25, 0.3) is 0 Å². The van der Waals surface area contributed by atoms with Crippen LogP contribution in [0.15, 0.2) is 36.4 Å². The third kappa shape index (κ3) is 4.57. The van der Waals surface area contributed by atoms with Gasteiger partial charge in [-0.1, -0.05) is 57.0 Å². The van der Waals surface area contributed by atoms with E-state index in [0.29, 0.717) is 45.4 Å². The summed E-state index contributed by atoms with van der Waals surface area (Å²) < 4.78 is 0. The number of carbonyl (C=O) groups is 4. The summed E-state index contributed by atoms with van der Waals surface area (Å²) in [7, 11) is 0. The molecule has 0 N–H and O–H groups in total. The number of hydrogen-bond donors (Lipinski definition) is 0. The van der Waals surface area contributed by atoms with Gasteiger partial charge in [-0.2, -0.15) is 0 Å². The lowest BCUT2D eigenvalue weighted by Crippen LogP contribution is -2.33. The number of rotatable bonds is 4. The Morgan fingerprint density at radius 2 is 1.22 bits per heavy atom. The van der Waals surface area contributed by atoms with E-state index in [-0.39, 0.29) is 35.5 Å². The first kappa shape index (κ1) is 24.0. The van der Waals surface area contributed by atoms with Crippen LogP contribution in [0.1, 0.15) is 69.1 Å². The van der Waals surface area contributed by atoms with Crippen LogP contribution in [0.5, 0.6) is 0 Å². The zero-order valence-electron chi connectivity index (χ0n) is 18.3. The lowest BCUT2D eigenvalue weighted by molar-refractivity contribution is 0.0621. The number of imide groups is 2. The van der Waals surface area contributed by atoms with Gasteiger partial charge in [0.25, 0.3) is 23.6 Å². The Hall–Kier alpha value is -2.70. The van der Waals surface area contributed by atoms with Crippen LogP contribution in [0.4, 0.5) is 0 Å². The van der Waals surface area contributed by atoms with Gasteiger partial charge in [0.1, 0.15) is 0 Å². The summed E-state index contributed by atoms with van der Waals surface area (Å²) in [6.45, 7) is 8.75. The Morgan fingerprint density at radius 3 is 1.78 bits per heavy atom. The third-order valence-corrected chi connectivity index (χ3v) is 5.53. The van der Waals surface area contributed by atoms with E-state index in [1.54, 1.807) is 36.4 Å². The molecule has 0 aromatic heterocycles. The fraction of sp³-hybridized carbons (Fsp3) is 0.333. The summed E-state index contributed by atoms with van der Waals surface area (Å²) in [5, 5.41) is 0.827. The maximum absolute atomic E-state index is 12.0. The van der Waals surface area contributed by atoms with Crippen LogP contribution in [-0.2, 0) is 0 Å². The number of benzene rings is 2. The molecule has 0 aliphatic carbocycles. The summed E-state index contributed by atoms with van der Waals surface area (Å²) in [5.74, 6) is -0.462. The minimum absolute atomic E-state index is 0.217. The van der Waals surface area contributed by atoms with Crippen molar-refractivity contribution in [1.29, 1.82) is 0 Å². The Kier molecular flexibility index (Phi) is 7.06. The van der Waals surface area contributed by atoms with Crippen LogP contribution in [0, 0.1) is 11.8 Å². The number of hydrogen-bond acceptors (Lipinski definition) is 4. The molecule has 0 saturated carbocycles. The third-order valence-electron chi connectivity index (χ3n) is 4.98. The maximum Gasteiger partial charge on any atom is 0.263 e. The van der Waals surface area contributed by atoms with E-state index in [1.807, 2.05) is 27.7 Å². The van der Waals surface area contributed by atoms with E-state index in [4.69, 9.17) is 23.2 Å². The first-order valence-electron chi connectivity index (χ1n) is 10.3. The Balaban J connectivity index is 0.000000181. The topological polar surface area (TPSA) is 74.8 Å². The highest BCUT2D eigenvalue weighted by Crippen LogP contribution is 2.29. The molecule has 2 aliphatic rings. The summed E-state index contributed by atoms with van der Waals surface area (Å²) in [5.41, 5.74) is 1.63. The molecule has 2 aromatic rings. The molecule has 0 atom stereocenters. The highest BCUT2D eigenvalue weighted by atomic mass is 35.5. The maximum atomic E-state index is 12.0. The van der Waals surface area contributed by atoms with Crippen molar-refractivity contribution >= 4 is 46.8 Å². The first-order valence-corrected chi connectivity index (χ1v) is 11.1. The van der Waals surface area contributed by atoms with Gasteiger partial charge < -0.3 is 0 Å². The summed E-state index contributed by atoms with van der Waals surface area (Å²) >= 11 is 11.7. The van der Waals surface area contributed by atoms with E-state index in [9.17, 15) is 19.2 Å². The van der Waals surface area contributed by atoms with E-state index in [0.717, 1.165) is 0 Å². The van der Waals surface area contributed by atoms with Gasteiger partial charge in [-0.15, -0.1) is 0 Å². The Bertz CT molecular complexity index is 1110. The average molecular weight is 475 g/mol. The zero-order valence-corrected chi connectivity index (χ0v) is 19.8. The van der Waals surface area contributed by atoms with Crippen LogP contribution in [0.2, 0.25) is 10.0 Å². The van der Waals surface area contributed by atoms with Gasteiger partial charge in [-0.3, -0.25) is 29.0 Å². The van der Waals surface area contributed by atoms with Gasteiger partial charge >= 0.3 is 0 Å². The average Bonchev–Trinajstić information content (AvgIpc) is 3.09. The molecular weight excluding hydrogens is 451 g/mol. The molecule has 8 heteroatoms. The molecule has 4 rings (SSSR count). The SMILES string of the molecule is CC(C)CN1C(=O)c2ccc(Cl)cc2C1=O.CC(C)CN1C(=O)c2cccc(Cl)c2C1=O. The molecule has 32 heavy (non-hydrogen) atoms. The van der Waals surface area contributed by atoms with Gasteiger partial charge in [0.2, 0.25) is 0 Å². The molecule has 4 amide bonds.